The number of fused-ring (bicyclic) bond motifs is 1. The van der Waals surface area contributed by atoms with Gasteiger partial charge in [0.1, 0.15) is 12.1 Å². The standard InChI is InChI=1S/C14H10ClN7/c15-11-3-1-2-4-12(11)22-7-9(5-19-22)20-13-10-6-18-21-14(10)17-8-16-13/h1-8H,(H2,16,17,18,20,21). The second-order valence-corrected chi connectivity index (χ2v) is 5.01. The Morgan fingerprint density at radius 3 is 2.95 bits per heavy atom. The van der Waals surface area contributed by atoms with Gasteiger partial charge in [0.2, 0.25) is 0 Å². The number of aromatic amines is 1. The van der Waals surface area contributed by atoms with Crippen LogP contribution in [0.25, 0.3) is 16.7 Å². The first kappa shape index (κ1) is 12.8. The summed E-state index contributed by atoms with van der Waals surface area (Å²) in [5.74, 6) is 0.664. The van der Waals surface area contributed by atoms with Crippen LogP contribution >= 0.6 is 11.6 Å². The molecular weight excluding hydrogens is 302 g/mol. The van der Waals surface area contributed by atoms with Crippen molar-refractivity contribution in [3.05, 3.63) is 54.2 Å². The summed E-state index contributed by atoms with van der Waals surface area (Å²) in [4.78, 5) is 8.33. The summed E-state index contributed by atoms with van der Waals surface area (Å²) >= 11 is 6.18. The monoisotopic (exact) mass is 311 g/mol. The summed E-state index contributed by atoms with van der Waals surface area (Å²) in [6.45, 7) is 0. The summed E-state index contributed by atoms with van der Waals surface area (Å²) in [6.07, 6.45) is 6.70. The molecule has 2 N–H and O–H groups in total. The molecule has 0 aliphatic rings. The van der Waals surface area contributed by atoms with Crippen LogP contribution < -0.4 is 5.32 Å². The summed E-state index contributed by atoms with van der Waals surface area (Å²) in [5, 5.41) is 15.7. The predicted molar refractivity (Wildman–Crippen MR) is 83.5 cm³/mol. The molecule has 0 radical (unpaired) electrons. The van der Waals surface area contributed by atoms with Gasteiger partial charge in [-0.15, -0.1) is 0 Å². The molecule has 0 spiro atoms. The molecule has 4 aromatic rings. The summed E-state index contributed by atoms with van der Waals surface area (Å²) in [7, 11) is 0. The van der Waals surface area contributed by atoms with Gasteiger partial charge >= 0.3 is 0 Å². The van der Waals surface area contributed by atoms with Gasteiger partial charge in [-0.3, -0.25) is 5.10 Å². The average molecular weight is 312 g/mol. The van der Waals surface area contributed by atoms with E-state index in [4.69, 9.17) is 11.6 Å². The fourth-order valence-electron chi connectivity index (χ4n) is 2.16. The van der Waals surface area contributed by atoms with Crippen molar-refractivity contribution in [1.29, 1.82) is 0 Å². The molecule has 1 aromatic carbocycles. The molecule has 108 valence electrons. The van der Waals surface area contributed by atoms with E-state index in [0.717, 1.165) is 16.8 Å². The Hall–Kier alpha value is -2.93. The minimum Gasteiger partial charge on any atom is -0.337 e. The molecular formula is C14H10ClN7. The topological polar surface area (TPSA) is 84.3 Å². The van der Waals surface area contributed by atoms with Crippen molar-refractivity contribution in [2.45, 2.75) is 0 Å². The van der Waals surface area contributed by atoms with E-state index in [1.807, 2.05) is 30.5 Å². The fraction of sp³-hybridized carbons (Fsp3) is 0. The molecule has 3 aromatic heterocycles. The fourth-order valence-corrected chi connectivity index (χ4v) is 2.38. The Labute approximate surface area is 130 Å². The minimum absolute atomic E-state index is 0.636. The van der Waals surface area contributed by atoms with Crippen LogP contribution in [0.2, 0.25) is 5.02 Å². The van der Waals surface area contributed by atoms with E-state index in [0.29, 0.717) is 16.5 Å². The van der Waals surface area contributed by atoms with Crippen molar-refractivity contribution < 1.29 is 0 Å². The lowest BCUT2D eigenvalue weighted by Crippen LogP contribution is -1.95. The summed E-state index contributed by atoms with van der Waals surface area (Å²) in [5.41, 5.74) is 2.28. The molecule has 0 aliphatic heterocycles. The Balaban J connectivity index is 1.68. The largest absolute Gasteiger partial charge is 0.337 e. The zero-order valence-electron chi connectivity index (χ0n) is 11.2. The lowest BCUT2D eigenvalue weighted by atomic mass is 10.3. The number of aromatic nitrogens is 6. The van der Waals surface area contributed by atoms with Crippen LogP contribution in [0.15, 0.2) is 49.2 Å². The maximum atomic E-state index is 6.18. The van der Waals surface area contributed by atoms with Crippen LogP contribution in [-0.2, 0) is 0 Å². The average Bonchev–Trinajstić information content (AvgIpc) is 3.17. The molecule has 8 heteroatoms. The smallest absolute Gasteiger partial charge is 0.160 e. The molecule has 0 aliphatic carbocycles. The Morgan fingerprint density at radius 1 is 1.14 bits per heavy atom. The second kappa shape index (κ2) is 5.12. The highest BCUT2D eigenvalue weighted by atomic mass is 35.5. The third-order valence-electron chi connectivity index (χ3n) is 3.19. The second-order valence-electron chi connectivity index (χ2n) is 4.60. The van der Waals surface area contributed by atoms with Gasteiger partial charge in [-0.05, 0) is 12.1 Å². The molecule has 4 rings (SSSR count). The summed E-state index contributed by atoms with van der Waals surface area (Å²) < 4.78 is 1.71. The SMILES string of the molecule is Clc1ccccc1-n1cc(Nc2ncnc3[nH]ncc23)cn1. The Morgan fingerprint density at radius 2 is 2.05 bits per heavy atom. The maximum Gasteiger partial charge on any atom is 0.160 e. The van der Waals surface area contributed by atoms with E-state index in [2.05, 4.69) is 30.6 Å². The van der Waals surface area contributed by atoms with Crippen molar-refractivity contribution in [3.63, 3.8) is 0 Å². The number of anilines is 2. The number of benzene rings is 1. The van der Waals surface area contributed by atoms with Crippen LogP contribution in [0.3, 0.4) is 0 Å². The number of hydrogen-bond acceptors (Lipinski definition) is 5. The van der Waals surface area contributed by atoms with Gasteiger partial charge in [-0.2, -0.15) is 10.2 Å². The zero-order valence-corrected chi connectivity index (χ0v) is 12.0. The van der Waals surface area contributed by atoms with Gasteiger partial charge in [0.05, 0.1) is 40.4 Å². The van der Waals surface area contributed by atoms with Gasteiger partial charge in [-0.1, -0.05) is 23.7 Å². The van der Waals surface area contributed by atoms with E-state index in [1.54, 1.807) is 17.1 Å². The number of hydrogen-bond donors (Lipinski definition) is 2. The predicted octanol–water partition coefficient (Wildman–Crippen LogP) is 2.94. The lowest BCUT2D eigenvalue weighted by Gasteiger charge is -2.04. The minimum atomic E-state index is 0.636. The normalized spacial score (nSPS) is 11.0. The molecule has 0 amide bonds. The van der Waals surface area contributed by atoms with E-state index in [9.17, 15) is 0 Å². The number of H-pyrrole nitrogens is 1. The quantitative estimate of drug-likeness (QED) is 0.607. The summed E-state index contributed by atoms with van der Waals surface area (Å²) in [6, 6.07) is 7.52. The number of nitrogens with one attached hydrogen (secondary N) is 2. The van der Waals surface area contributed by atoms with Crippen LogP contribution in [-0.4, -0.2) is 29.9 Å². The van der Waals surface area contributed by atoms with Crippen molar-refractivity contribution in [2.24, 2.45) is 0 Å². The Kier molecular flexibility index (Phi) is 2.97. The third-order valence-corrected chi connectivity index (χ3v) is 3.51. The zero-order chi connectivity index (χ0) is 14.9. The third kappa shape index (κ3) is 2.17. The first-order valence-corrected chi connectivity index (χ1v) is 6.90. The molecule has 0 bridgehead atoms. The highest BCUT2D eigenvalue weighted by Crippen LogP contribution is 2.23. The van der Waals surface area contributed by atoms with Crippen molar-refractivity contribution in [3.8, 4) is 5.69 Å². The number of para-hydroxylation sites is 1. The first-order valence-electron chi connectivity index (χ1n) is 6.52. The van der Waals surface area contributed by atoms with Gasteiger partial charge in [0.15, 0.2) is 5.65 Å². The first-order chi connectivity index (χ1) is 10.8. The van der Waals surface area contributed by atoms with Crippen LogP contribution in [0, 0.1) is 0 Å². The highest BCUT2D eigenvalue weighted by Gasteiger charge is 2.08. The molecule has 22 heavy (non-hydrogen) atoms. The van der Waals surface area contributed by atoms with Crippen molar-refractivity contribution in [2.75, 3.05) is 5.32 Å². The van der Waals surface area contributed by atoms with Gasteiger partial charge in [0, 0.05) is 0 Å². The van der Waals surface area contributed by atoms with Gasteiger partial charge < -0.3 is 5.32 Å². The molecule has 0 fully saturated rings. The molecule has 0 saturated heterocycles. The van der Waals surface area contributed by atoms with Gasteiger partial charge in [-0.25, -0.2) is 14.6 Å². The van der Waals surface area contributed by atoms with Crippen LogP contribution in [0.4, 0.5) is 11.5 Å². The molecule has 0 saturated carbocycles. The van der Waals surface area contributed by atoms with Crippen molar-refractivity contribution >= 4 is 34.1 Å². The van der Waals surface area contributed by atoms with Gasteiger partial charge in [0.25, 0.3) is 0 Å². The van der Waals surface area contributed by atoms with E-state index < -0.39 is 0 Å². The van der Waals surface area contributed by atoms with Crippen LogP contribution in [0.1, 0.15) is 0 Å². The van der Waals surface area contributed by atoms with E-state index in [1.165, 1.54) is 6.33 Å². The number of rotatable bonds is 3. The Bertz CT molecular complexity index is 943. The lowest BCUT2D eigenvalue weighted by molar-refractivity contribution is 0.881. The van der Waals surface area contributed by atoms with E-state index >= 15 is 0 Å². The maximum absolute atomic E-state index is 6.18. The molecule has 3 heterocycles. The molecule has 0 atom stereocenters. The van der Waals surface area contributed by atoms with Crippen LogP contribution in [0.5, 0.6) is 0 Å². The highest BCUT2D eigenvalue weighted by molar-refractivity contribution is 6.32. The molecule has 7 nitrogen and oxygen atoms in total. The number of halogens is 1. The van der Waals surface area contributed by atoms with E-state index in [-0.39, 0.29) is 0 Å². The number of nitrogens with zero attached hydrogens (tertiary/aromatic N) is 5. The van der Waals surface area contributed by atoms with Crippen molar-refractivity contribution in [1.82, 2.24) is 29.9 Å². The molecule has 0 unspecified atom stereocenters.